The van der Waals surface area contributed by atoms with E-state index in [1.54, 1.807) is 24.3 Å². The average Bonchev–Trinajstić information content (AvgIpc) is 3.44. The maximum absolute atomic E-state index is 16.6. The van der Waals surface area contributed by atoms with E-state index in [4.69, 9.17) is 0 Å². The molecule has 10 aromatic carbocycles. The minimum atomic E-state index is -4.46. The molecule has 13 rings (SSSR count). The van der Waals surface area contributed by atoms with E-state index < -0.39 is 23.0 Å². The fourth-order valence-corrected chi connectivity index (χ4v) is 13.4. The zero-order chi connectivity index (χ0) is 50.0. The van der Waals surface area contributed by atoms with Crippen LogP contribution in [-0.2, 0) is 11.8 Å². The number of hydrogen-bond acceptors (Lipinski definition) is 0. The molecule has 360 valence electrons. The number of alkyl halides is 4. The van der Waals surface area contributed by atoms with Crippen molar-refractivity contribution in [2.24, 2.45) is 0 Å². The van der Waals surface area contributed by atoms with Gasteiger partial charge in [0.05, 0.1) is 0 Å². The van der Waals surface area contributed by atoms with Crippen molar-refractivity contribution in [1.29, 1.82) is 0 Å². The lowest BCUT2D eigenvalue weighted by molar-refractivity contribution is -0.225. The van der Waals surface area contributed by atoms with Crippen LogP contribution >= 0.6 is 0 Å². The molecule has 0 amide bonds. The fourth-order valence-electron chi connectivity index (χ4n) is 13.4. The van der Waals surface area contributed by atoms with Gasteiger partial charge in [-0.3, -0.25) is 0 Å². The highest BCUT2D eigenvalue weighted by Gasteiger charge is 2.63. The normalized spacial score (nSPS) is 23.1. The van der Waals surface area contributed by atoms with Gasteiger partial charge in [-0.2, -0.15) is 17.6 Å². The Morgan fingerprint density at radius 1 is 0.203 bits per heavy atom. The minimum Gasteiger partial charge on any atom is -0.194 e. The summed E-state index contributed by atoms with van der Waals surface area (Å²) in [6.45, 7) is 0. The molecule has 74 heavy (non-hydrogen) atoms. The second-order valence-electron chi connectivity index (χ2n) is 20.6. The summed E-state index contributed by atoms with van der Waals surface area (Å²) in [5.41, 5.74) is 11.1. The average molecular weight is 969 g/mol. The lowest BCUT2D eigenvalue weighted by atomic mass is 9.49. The zero-order valence-corrected chi connectivity index (χ0v) is 40.5. The van der Waals surface area contributed by atoms with Gasteiger partial charge in [-0.1, -0.05) is 255 Å². The lowest BCUT2D eigenvalue weighted by Crippen LogP contribution is -2.40. The molecule has 0 aromatic heterocycles. The van der Waals surface area contributed by atoms with Gasteiger partial charge in [-0.05, 0) is 137 Å². The summed E-state index contributed by atoms with van der Waals surface area (Å²) >= 11 is 0. The molecule has 0 N–H and O–H groups in total. The van der Waals surface area contributed by atoms with Gasteiger partial charge >= 0.3 is 11.8 Å². The van der Waals surface area contributed by atoms with Crippen LogP contribution in [0.25, 0.3) is 33.4 Å². The predicted octanol–water partition coefficient (Wildman–Crippen LogP) is 18.8. The Morgan fingerprint density at radius 2 is 0.392 bits per heavy atom. The molecule has 3 aliphatic rings. The first-order chi connectivity index (χ1) is 36.3. The molecule has 4 atom stereocenters. The third-order valence-electron chi connectivity index (χ3n) is 16.9. The molecule has 0 nitrogen and oxygen atoms in total. The summed E-state index contributed by atoms with van der Waals surface area (Å²) in [7, 11) is 0. The van der Waals surface area contributed by atoms with E-state index in [2.05, 4.69) is 182 Å². The SMILES string of the molecule is FC1(F)c2cc(-c3ccc(C4C(c5ccccc5)C(c5ccccc5)C4c4ccccc4)cc3)ccc2-c2ccc(-c3ccc(C4C(c5ccccc5)C(c5ccccc5)C4c4ccccc4)cc3)cc2C1(F)F. The highest BCUT2D eigenvalue weighted by molar-refractivity contribution is 5.82. The molecular formula is C70H52F4. The smallest absolute Gasteiger partial charge is 0.194 e. The van der Waals surface area contributed by atoms with E-state index in [-0.39, 0.29) is 58.5 Å². The number of hydrogen-bond donors (Lipinski definition) is 0. The summed E-state index contributed by atoms with van der Waals surface area (Å²) in [6.07, 6.45) is 0. The second-order valence-corrected chi connectivity index (χ2v) is 20.6. The number of fused-ring (bicyclic) bond motifs is 3. The van der Waals surface area contributed by atoms with Crippen molar-refractivity contribution in [1.82, 2.24) is 0 Å². The first-order valence-electron chi connectivity index (χ1n) is 25.8. The van der Waals surface area contributed by atoms with E-state index in [1.165, 1.54) is 45.5 Å². The van der Waals surface area contributed by atoms with Crippen LogP contribution in [0.3, 0.4) is 0 Å². The van der Waals surface area contributed by atoms with Gasteiger partial charge in [0.25, 0.3) is 0 Å². The topological polar surface area (TPSA) is 0 Å². The van der Waals surface area contributed by atoms with Crippen molar-refractivity contribution in [2.75, 3.05) is 0 Å². The third kappa shape index (κ3) is 7.56. The molecule has 0 heterocycles. The molecule has 0 spiro atoms. The molecule has 0 saturated heterocycles. The van der Waals surface area contributed by atoms with E-state index in [9.17, 15) is 0 Å². The van der Waals surface area contributed by atoms with Crippen molar-refractivity contribution in [3.05, 3.63) is 323 Å². The molecule has 0 aliphatic heterocycles. The zero-order valence-electron chi connectivity index (χ0n) is 40.5. The van der Waals surface area contributed by atoms with Crippen molar-refractivity contribution in [3.63, 3.8) is 0 Å². The molecule has 2 fully saturated rings. The maximum atomic E-state index is 16.6. The highest BCUT2D eigenvalue weighted by atomic mass is 19.3. The van der Waals surface area contributed by atoms with Gasteiger partial charge in [0.1, 0.15) is 0 Å². The van der Waals surface area contributed by atoms with E-state index >= 15 is 17.6 Å². The van der Waals surface area contributed by atoms with Crippen molar-refractivity contribution in [3.8, 4) is 33.4 Å². The molecule has 4 unspecified atom stereocenters. The summed E-state index contributed by atoms with van der Waals surface area (Å²) in [5, 5.41) is 0. The monoisotopic (exact) mass is 968 g/mol. The standard InChI is InChI=1S/C70H52F4/c71-69(72)59-43-55(45-31-35-53(36-32-45)67-63(49-23-11-3-12-24-49)61(47-19-7-1-8-20-47)64(67)50-25-13-4-14-26-50)39-41-57(59)58-42-40-56(44-60(58)70(69,73)74)46-33-37-54(38-34-46)68-65(51-27-15-5-16-28-51)62(48-21-9-2-10-22-48)66(68)52-29-17-6-18-30-52/h1-44,61-68H. The van der Waals surface area contributed by atoms with Gasteiger partial charge in [-0.25, -0.2) is 0 Å². The van der Waals surface area contributed by atoms with Crippen LogP contribution < -0.4 is 0 Å². The molecule has 10 aromatic rings. The third-order valence-corrected chi connectivity index (χ3v) is 16.9. The summed E-state index contributed by atoms with van der Waals surface area (Å²) < 4.78 is 66.5. The Balaban J connectivity index is 0.813. The number of benzene rings is 10. The molecule has 0 bridgehead atoms. The highest BCUT2D eigenvalue weighted by Crippen LogP contribution is 2.68. The second kappa shape index (κ2) is 18.4. The van der Waals surface area contributed by atoms with Crippen LogP contribution in [-0.4, -0.2) is 0 Å². The number of rotatable bonds is 10. The van der Waals surface area contributed by atoms with Crippen molar-refractivity contribution in [2.45, 2.75) is 59.2 Å². The molecule has 2 saturated carbocycles. The van der Waals surface area contributed by atoms with Crippen LogP contribution in [0.1, 0.15) is 103 Å². The molecule has 3 aliphatic carbocycles. The molecular weight excluding hydrogens is 917 g/mol. The Labute approximate surface area is 430 Å². The maximum Gasteiger partial charge on any atom is 0.340 e. The van der Waals surface area contributed by atoms with Gasteiger partial charge in [0.2, 0.25) is 0 Å². The van der Waals surface area contributed by atoms with Crippen LogP contribution in [0.15, 0.2) is 267 Å². The van der Waals surface area contributed by atoms with Crippen LogP contribution in [0.5, 0.6) is 0 Å². The summed E-state index contributed by atoms with van der Waals surface area (Å²) in [6, 6.07) is 89.5. The lowest BCUT2D eigenvalue weighted by Gasteiger charge is -2.54. The first-order valence-corrected chi connectivity index (χ1v) is 25.8. The van der Waals surface area contributed by atoms with E-state index in [0.717, 1.165) is 11.1 Å². The Hall–Kier alpha value is -8.08. The minimum absolute atomic E-state index is 0.118. The Bertz CT molecular complexity index is 3230. The van der Waals surface area contributed by atoms with E-state index in [0.29, 0.717) is 22.3 Å². The quantitative estimate of drug-likeness (QED) is 0.120. The first kappa shape index (κ1) is 45.8. The van der Waals surface area contributed by atoms with Crippen molar-refractivity contribution < 1.29 is 17.6 Å². The van der Waals surface area contributed by atoms with Gasteiger partial charge in [0, 0.05) is 11.1 Å². The van der Waals surface area contributed by atoms with Gasteiger partial charge in [-0.15, -0.1) is 0 Å². The summed E-state index contributed by atoms with van der Waals surface area (Å²) in [4.78, 5) is 0. The molecule has 4 heteroatoms. The van der Waals surface area contributed by atoms with Crippen LogP contribution in [0.4, 0.5) is 17.6 Å². The van der Waals surface area contributed by atoms with Crippen LogP contribution in [0, 0.1) is 0 Å². The van der Waals surface area contributed by atoms with Gasteiger partial charge in [0.15, 0.2) is 0 Å². The summed E-state index contributed by atoms with van der Waals surface area (Å²) in [5.74, 6) is -7.39. The number of halogens is 4. The largest absolute Gasteiger partial charge is 0.340 e. The van der Waals surface area contributed by atoms with Crippen LogP contribution in [0.2, 0.25) is 0 Å². The van der Waals surface area contributed by atoms with Crippen molar-refractivity contribution >= 4 is 0 Å². The predicted molar refractivity (Wildman–Crippen MR) is 291 cm³/mol. The Morgan fingerprint density at radius 3 is 0.608 bits per heavy atom. The molecule has 0 radical (unpaired) electrons. The van der Waals surface area contributed by atoms with E-state index in [1.807, 2.05) is 48.5 Å². The Kier molecular flexibility index (Phi) is 11.4. The fraction of sp³-hybridized carbons (Fsp3) is 0.143. The van der Waals surface area contributed by atoms with Gasteiger partial charge < -0.3 is 0 Å².